The molecule has 0 aromatic heterocycles. The molecule has 0 saturated carbocycles. The van der Waals surface area contributed by atoms with Crippen molar-refractivity contribution in [3.63, 3.8) is 0 Å². The molecule has 0 saturated heterocycles. The quantitative estimate of drug-likeness (QED) is 0.456. The first-order chi connectivity index (χ1) is 10.4. The van der Waals surface area contributed by atoms with Crippen molar-refractivity contribution >= 4 is 5.71 Å². The van der Waals surface area contributed by atoms with Gasteiger partial charge in [-0.25, -0.2) is 0 Å². The Labute approximate surface area is 130 Å². The van der Waals surface area contributed by atoms with Crippen LogP contribution in [0.15, 0.2) is 27.7 Å². The first kappa shape index (κ1) is 17.9. The highest BCUT2D eigenvalue weighted by atomic mass is 15.6. The smallest absolute Gasteiger partial charge is 0.0671 e. The normalized spacial score (nSPS) is 15.4. The molecule has 1 unspecified atom stereocenters. The fourth-order valence-corrected chi connectivity index (χ4v) is 2.83. The average Bonchev–Trinajstić information content (AvgIpc) is 2.78. The van der Waals surface area contributed by atoms with Gasteiger partial charge in [-0.05, 0) is 18.9 Å². The van der Waals surface area contributed by atoms with Crippen LogP contribution in [0.5, 0.6) is 0 Å². The predicted octanol–water partition coefficient (Wildman–Crippen LogP) is 5.77. The topological polar surface area (TPSA) is 49.1 Å². The summed E-state index contributed by atoms with van der Waals surface area (Å²) in [5.41, 5.74) is 3.75. The molecule has 0 radical (unpaired) electrons. The molecule has 4 heteroatoms. The number of allylic oxidation sites excluding steroid dienone is 1. The van der Waals surface area contributed by atoms with E-state index >= 15 is 0 Å². The van der Waals surface area contributed by atoms with Crippen LogP contribution in [0.2, 0.25) is 0 Å². The number of hydrogen-bond donors (Lipinski definition) is 1. The Kier molecular flexibility index (Phi) is 10.7. The van der Waals surface area contributed by atoms with Crippen LogP contribution in [0.4, 0.5) is 0 Å². The van der Waals surface area contributed by atoms with Gasteiger partial charge in [-0.2, -0.15) is 10.6 Å². The van der Waals surface area contributed by atoms with Gasteiger partial charge in [-0.15, -0.1) is 5.11 Å². The van der Waals surface area contributed by atoms with Gasteiger partial charge < -0.3 is 0 Å². The molecule has 1 N–H and O–H groups in total. The van der Waals surface area contributed by atoms with E-state index in [1.165, 1.54) is 70.6 Å². The SMILES string of the molecule is CCCCCCCCCCC(CCC)C1=NNN=NC=C1. The van der Waals surface area contributed by atoms with E-state index in [9.17, 15) is 0 Å². The minimum atomic E-state index is 0.544. The molecule has 1 aliphatic rings. The molecule has 0 aromatic carbocycles. The predicted molar refractivity (Wildman–Crippen MR) is 90.2 cm³/mol. The molecule has 0 spiro atoms. The van der Waals surface area contributed by atoms with Crippen LogP contribution in [0, 0.1) is 5.92 Å². The summed E-state index contributed by atoms with van der Waals surface area (Å²) < 4.78 is 0. The second-order valence-corrected chi connectivity index (χ2v) is 5.92. The van der Waals surface area contributed by atoms with E-state index < -0.39 is 0 Å². The third-order valence-electron chi connectivity index (χ3n) is 4.06. The first-order valence-electron chi connectivity index (χ1n) is 8.77. The highest BCUT2D eigenvalue weighted by molar-refractivity contribution is 5.96. The zero-order chi connectivity index (χ0) is 15.2. The van der Waals surface area contributed by atoms with E-state index in [2.05, 4.69) is 34.8 Å². The summed E-state index contributed by atoms with van der Waals surface area (Å²) in [6.45, 7) is 4.51. The number of unbranched alkanes of at least 4 members (excludes halogenated alkanes) is 7. The third kappa shape index (κ3) is 8.64. The van der Waals surface area contributed by atoms with Crippen LogP contribution in [0.1, 0.15) is 84.5 Å². The Bertz CT molecular complexity index is 334. The second-order valence-electron chi connectivity index (χ2n) is 5.92. The molecule has 0 aliphatic carbocycles. The minimum Gasteiger partial charge on any atom is -0.179 e. The molecular weight excluding hydrogens is 260 g/mol. The summed E-state index contributed by atoms with van der Waals surface area (Å²) in [6, 6.07) is 0. The van der Waals surface area contributed by atoms with Gasteiger partial charge in [0.1, 0.15) is 0 Å². The van der Waals surface area contributed by atoms with Gasteiger partial charge in [0.05, 0.1) is 11.9 Å². The zero-order valence-electron chi connectivity index (χ0n) is 13.9. The molecule has 1 heterocycles. The lowest BCUT2D eigenvalue weighted by Crippen LogP contribution is -2.14. The molecular formula is C17H32N4. The van der Waals surface area contributed by atoms with E-state index in [1.54, 1.807) is 6.20 Å². The molecule has 1 aliphatic heterocycles. The maximum Gasteiger partial charge on any atom is 0.0671 e. The van der Waals surface area contributed by atoms with E-state index in [-0.39, 0.29) is 0 Å². The maximum atomic E-state index is 4.31. The highest BCUT2D eigenvalue weighted by Crippen LogP contribution is 2.20. The van der Waals surface area contributed by atoms with Gasteiger partial charge in [-0.1, -0.05) is 76.9 Å². The van der Waals surface area contributed by atoms with Gasteiger partial charge in [-0.3, -0.25) is 0 Å². The molecule has 4 nitrogen and oxygen atoms in total. The van der Waals surface area contributed by atoms with Gasteiger partial charge in [0.15, 0.2) is 0 Å². The Morgan fingerprint density at radius 2 is 1.62 bits per heavy atom. The lowest BCUT2D eigenvalue weighted by atomic mass is 9.91. The number of rotatable bonds is 12. The summed E-state index contributed by atoms with van der Waals surface area (Å²) in [4.78, 5) is 0. The van der Waals surface area contributed by atoms with Crippen molar-refractivity contribution in [1.82, 2.24) is 5.53 Å². The van der Waals surface area contributed by atoms with Crippen molar-refractivity contribution in [2.45, 2.75) is 84.5 Å². The van der Waals surface area contributed by atoms with Crippen LogP contribution < -0.4 is 5.53 Å². The van der Waals surface area contributed by atoms with E-state index in [0.717, 1.165) is 5.71 Å². The van der Waals surface area contributed by atoms with Gasteiger partial charge in [0.25, 0.3) is 0 Å². The fraction of sp³-hybridized carbons (Fsp3) is 0.824. The van der Waals surface area contributed by atoms with Crippen molar-refractivity contribution < 1.29 is 0 Å². The molecule has 0 aromatic rings. The summed E-state index contributed by atoms with van der Waals surface area (Å²) in [6.07, 6.45) is 18.3. The Hall–Kier alpha value is -1.19. The fourth-order valence-electron chi connectivity index (χ4n) is 2.83. The first-order valence-corrected chi connectivity index (χ1v) is 8.77. The molecule has 1 rings (SSSR count). The molecule has 1 atom stereocenters. The minimum absolute atomic E-state index is 0.544. The Morgan fingerprint density at radius 3 is 2.33 bits per heavy atom. The van der Waals surface area contributed by atoms with Crippen molar-refractivity contribution in [3.8, 4) is 0 Å². The van der Waals surface area contributed by atoms with Crippen molar-refractivity contribution in [2.75, 3.05) is 0 Å². The number of hydrazone groups is 1. The zero-order valence-corrected chi connectivity index (χ0v) is 13.9. The van der Waals surface area contributed by atoms with Crippen LogP contribution in [-0.4, -0.2) is 5.71 Å². The molecule has 120 valence electrons. The monoisotopic (exact) mass is 292 g/mol. The molecule has 0 amide bonds. The van der Waals surface area contributed by atoms with Gasteiger partial charge >= 0.3 is 0 Å². The summed E-state index contributed by atoms with van der Waals surface area (Å²) >= 11 is 0. The van der Waals surface area contributed by atoms with Crippen molar-refractivity contribution in [2.24, 2.45) is 21.4 Å². The highest BCUT2D eigenvalue weighted by Gasteiger charge is 2.13. The molecule has 21 heavy (non-hydrogen) atoms. The van der Waals surface area contributed by atoms with E-state index in [0.29, 0.717) is 5.92 Å². The summed E-state index contributed by atoms with van der Waals surface area (Å²) in [7, 11) is 0. The van der Waals surface area contributed by atoms with Crippen LogP contribution in [0.25, 0.3) is 0 Å². The number of nitrogens with one attached hydrogen (secondary N) is 1. The lowest BCUT2D eigenvalue weighted by molar-refractivity contribution is 0.504. The standard InChI is InChI=1S/C17H32N4/c1-3-5-6-7-8-9-10-11-13-16(12-4-2)17-14-15-18-20-21-19-17/h14-16H,3-13H2,1-2H3,(H,18,21). The van der Waals surface area contributed by atoms with Gasteiger partial charge in [0, 0.05) is 5.92 Å². The summed E-state index contributed by atoms with van der Waals surface area (Å²) in [5, 5.41) is 11.8. The Balaban J connectivity index is 2.18. The second kappa shape index (κ2) is 12.5. The summed E-state index contributed by atoms with van der Waals surface area (Å²) in [5.74, 6) is 0.544. The number of hydrogen-bond acceptors (Lipinski definition) is 4. The van der Waals surface area contributed by atoms with Crippen molar-refractivity contribution in [3.05, 3.63) is 12.3 Å². The van der Waals surface area contributed by atoms with Gasteiger partial charge in [0.2, 0.25) is 0 Å². The molecule has 0 fully saturated rings. The van der Waals surface area contributed by atoms with Crippen LogP contribution >= 0.6 is 0 Å². The molecule has 0 bridgehead atoms. The van der Waals surface area contributed by atoms with Crippen LogP contribution in [-0.2, 0) is 0 Å². The average molecular weight is 292 g/mol. The van der Waals surface area contributed by atoms with E-state index in [4.69, 9.17) is 0 Å². The largest absolute Gasteiger partial charge is 0.179 e. The van der Waals surface area contributed by atoms with Crippen molar-refractivity contribution in [1.29, 1.82) is 0 Å². The Morgan fingerprint density at radius 1 is 0.905 bits per heavy atom. The third-order valence-corrected chi connectivity index (χ3v) is 4.06. The lowest BCUT2D eigenvalue weighted by Gasteiger charge is -2.15. The van der Waals surface area contributed by atoms with E-state index in [1.807, 2.05) is 6.08 Å². The number of nitrogens with zero attached hydrogens (tertiary/aromatic N) is 3. The van der Waals surface area contributed by atoms with Crippen LogP contribution in [0.3, 0.4) is 0 Å². The maximum absolute atomic E-state index is 4.31.